The van der Waals surface area contributed by atoms with Gasteiger partial charge in [0.15, 0.2) is 5.84 Å². The number of hydrogen-bond acceptors (Lipinski definition) is 8. The third kappa shape index (κ3) is 9.01. The fourth-order valence-corrected chi connectivity index (χ4v) is 17.7. The van der Waals surface area contributed by atoms with Crippen molar-refractivity contribution in [3.05, 3.63) is 361 Å². The number of nitrogens with one attached hydrogen (secondary N) is 3. The van der Waals surface area contributed by atoms with Crippen LogP contribution < -0.4 is 16.0 Å². The van der Waals surface area contributed by atoms with Crippen LogP contribution in [0.25, 0.3) is 176 Å². The minimum Gasteiger partial charge on any atom is -0.455 e. The number of furan rings is 2. The molecule has 2 aromatic heterocycles. The highest BCUT2D eigenvalue weighted by molar-refractivity contribution is 6.29. The summed E-state index contributed by atoms with van der Waals surface area (Å²) in [7, 11) is 0. The van der Waals surface area contributed by atoms with Gasteiger partial charge in [0.1, 0.15) is 52.5 Å². The van der Waals surface area contributed by atoms with E-state index in [1.54, 1.807) is 0 Å². The normalized spacial score (nSPS) is 15.7. The molecule has 3 unspecified atom stereocenters. The predicted octanol–water partition coefficient (Wildman–Crippen LogP) is 24.4. The van der Waals surface area contributed by atoms with Crippen LogP contribution in [0.5, 0.6) is 0 Å². The van der Waals surface area contributed by atoms with Crippen molar-refractivity contribution in [2.75, 3.05) is 0 Å². The third-order valence-corrected chi connectivity index (χ3v) is 22.7. The second-order valence-corrected chi connectivity index (χ2v) is 28.5. The first-order chi connectivity index (χ1) is 52.5. The Morgan fingerprint density at radius 2 is 0.830 bits per heavy atom. The number of hydrogen-bond donors (Lipinski definition) is 3. The third-order valence-electron chi connectivity index (χ3n) is 22.7. The van der Waals surface area contributed by atoms with Crippen molar-refractivity contribution in [1.82, 2.24) is 16.0 Å². The predicted molar refractivity (Wildman–Crippen MR) is 437 cm³/mol. The molecule has 8 heteroatoms. The van der Waals surface area contributed by atoms with E-state index in [-0.39, 0.29) is 6.17 Å². The second kappa shape index (κ2) is 22.9. The molecule has 2 aliphatic heterocycles. The lowest BCUT2D eigenvalue weighted by Crippen LogP contribution is -2.45. The summed E-state index contributed by atoms with van der Waals surface area (Å²) in [6.45, 7) is 0. The number of benzene rings is 17. The zero-order chi connectivity index (χ0) is 69.2. The molecule has 8 nitrogen and oxygen atoms in total. The quantitative estimate of drug-likeness (QED) is 0.134. The fraction of sp³-hybridized carbons (Fsp3) is 0.0306. The lowest BCUT2D eigenvalue weighted by atomic mass is 9.91. The fourth-order valence-electron chi connectivity index (χ4n) is 17.7. The average molecular weight is 1350 g/mol. The van der Waals surface area contributed by atoms with Crippen LogP contribution in [0.3, 0.4) is 0 Å². The summed E-state index contributed by atoms with van der Waals surface area (Å²) in [6, 6.07) is 118. The smallest absolute Gasteiger partial charge is 0.160 e. The van der Waals surface area contributed by atoms with Gasteiger partial charge in [0, 0.05) is 65.3 Å². The molecule has 0 amide bonds. The van der Waals surface area contributed by atoms with Gasteiger partial charge in [-0.2, -0.15) is 0 Å². The van der Waals surface area contributed by atoms with Crippen LogP contribution in [0, 0.1) is 0 Å². The van der Waals surface area contributed by atoms with E-state index in [4.69, 9.17) is 23.8 Å². The maximum absolute atomic E-state index is 7.01. The largest absolute Gasteiger partial charge is 0.455 e. The Hall–Kier alpha value is -13.8. The van der Waals surface area contributed by atoms with Crippen molar-refractivity contribution in [2.24, 2.45) is 15.0 Å². The van der Waals surface area contributed by atoms with E-state index >= 15 is 0 Å². The molecular formula is C98H60N6O2. The molecule has 0 saturated carbocycles. The monoisotopic (exact) mass is 1350 g/mol. The Kier molecular flexibility index (Phi) is 12.7. The van der Waals surface area contributed by atoms with Gasteiger partial charge in [0.05, 0.1) is 0 Å². The average Bonchev–Trinajstić information content (AvgIpc) is 1.56. The molecule has 17 aromatic carbocycles. The molecule has 23 rings (SSSR count). The molecule has 0 saturated heterocycles. The molecule has 0 spiro atoms. The highest BCUT2D eigenvalue weighted by Gasteiger charge is 2.32. The number of fused-ring (bicyclic) bond motifs is 17. The molecule has 2 aliphatic carbocycles. The second-order valence-electron chi connectivity index (χ2n) is 28.5. The first kappa shape index (κ1) is 58.8. The maximum Gasteiger partial charge on any atom is 0.160 e. The van der Waals surface area contributed by atoms with Gasteiger partial charge < -0.3 is 19.5 Å². The van der Waals surface area contributed by atoms with E-state index in [2.05, 4.69) is 344 Å². The minimum absolute atomic E-state index is 0.351. The van der Waals surface area contributed by atoms with Gasteiger partial charge in [-0.05, 0) is 182 Å². The van der Waals surface area contributed by atoms with Crippen LogP contribution in [0.4, 0.5) is 0 Å². The van der Waals surface area contributed by atoms with Crippen molar-refractivity contribution in [2.45, 2.75) is 18.5 Å². The summed E-state index contributed by atoms with van der Waals surface area (Å²) in [6.07, 6.45) is -1.31. The Bertz CT molecular complexity index is 7140. The van der Waals surface area contributed by atoms with E-state index in [1.165, 1.54) is 71.8 Å². The van der Waals surface area contributed by atoms with Gasteiger partial charge in [-0.3, -0.25) is 5.32 Å². The summed E-state index contributed by atoms with van der Waals surface area (Å²) >= 11 is 0. The number of aliphatic imine (C=N–C) groups is 3. The van der Waals surface area contributed by atoms with E-state index < -0.39 is 12.3 Å². The van der Waals surface area contributed by atoms with Crippen molar-refractivity contribution in [1.29, 1.82) is 0 Å². The Labute approximate surface area is 608 Å². The van der Waals surface area contributed by atoms with E-state index in [0.717, 1.165) is 149 Å². The maximum atomic E-state index is 7.01. The zero-order valence-corrected chi connectivity index (χ0v) is 57.1. The molecule has 3 atom stereocenters. The number of nitrogens with zero attached hydrogens (tertiary/aromatic N) is 3. The number of amidine groups is 3. The molecule has 494 valence electrons. The van der Waals surface area contributed by atoms with Crippen LogP contribution in [-0.2, 0) is 0 Å². The summed E-state index contributed by atoms with van der Waals surface area (Å²) in [5.41, 5.74) is 26.2. The Morgan fingerprint density at radius 1 is 0.255 bits per heavy atom. The molecule has 19 aromatic rings. The van der Waals surface area contributed by atoms with Crippen molar-refractivity contribution >= 4 is 115 Å². The van der Waals surface area contributed by atoms with Crippen molar-refractivity contribution in [3.8, 4) is 77.9 Å². The lowest BCUT2D eigenvalue weighted by molar-refractivity contribution is 0.409. The van der Waals surface area contributed by atoms with Crippen LogP contribution in [-0.4, -0.2) is 17.5 Å². The Balaban J connectivity index is 0.647. The summed E-state index contributed by atoms with van der Waals surface area (Å²) in [5, 5.41) is 27.6. The number of rotatable bonds is 9. The van der Waals surface area contributed by atoms with E-state index in [0.29, 0.717) is 5.84 Å². The van der Waals surface area contributed by atoms with Gasteiger partial charge in [-0.1, -0.05) is 267 Å². The zero-order valence-electron chi connectivity index (χ0n) is 57.1. The standard InChI is InChI=1S/C98H60N6O2/c1-3-18-55(19-4-1)59-38-39-61-50-64(41-40-60(61)48-59)94-99-93(100-95(101-94)65-43-47-86-81(52-65)84-53-82-70-29-11-9-27-68(70)73-31-15-34-77(88(73)82)91(84)105-86)63-25-13-24-58(49-63)62-42-44-72-76(46-45-67(80(72)51-62)56-20-5-2-6-21-56)97-102-96(75-33-14-23-57-22-7-8-26-66(57)75)103-98(104-97)79-36-17-37-87-90(79)85-54-83-71-30-12-10-28-69(71)74-32-16-35-78(89(74)83)92(85)106-87/h1-54,93-94,98-99H,(H,100,101)(H,102,103,104). The summed E-state index contributed by atoms with van der Waals surface area (Å²) < 4.78 is 13.9. The highest BCUT2D eigenvalue weighted by atomic mass is 16.3. The van der Waals surface area contributed by atoms with Crippen LogP contribution in [0.2, 0.25) is 0 Å². The minimum atomic E-state index is -0.551. The first-order valence-corrected chi connectivity index (χ1v) is 36.4. The molecule has 3 N–H and O–H groups in total. The first-order valence-electron chi connectivity index (χ1n) is 36.4. The molecule has 4 aliphatic rings. The topological polar surface area (TPSA) is 99.5 Å². The van der Waals surface area contributed by atoms with Gasteiger partial charge >= 0.3 is 0 Å². The summed E-state index contributed by atoms with van der Waals surface area (Å²) in [5.74, 6) is 2.17. The SMILES string of the molecule is c1ccc(-c2ccc3cc(C4N=C(c5ccc6oc7c8cccc9c8c(cc7c6c5)-c5ccccc5-9)NC(c5cccc(-c6ccc7c(C8=NC(c9cccc%10ccccc9%10)=NC(c9cccc%10oc%11c%12cccc%13c%12c(cc%11c9%10)-c9ccccc9-%13)N8)ccc(-c8ccccc8)c7c6)c5)N4)ccc3c2)cc1. The van der Waals surface area contributed by atoms with Gasteiger partial charge in [0.2, 0.25) is 0 Å². The summed E-state index contributed by atoms with van der Waals surface area (Å²) in [4.78, 5) is 16.9. The van der Waals surface area contributed by atoms with Crippen molar-refractivity contribution in [3.63, 3.8) is 0 Å². The lowest BCUT2D eigenvalue weighted by Gasteiger charge is -2.32. The van der Waals surface area contributed by atoms with E-state index in [1.807, 2.05) is 0 Å². The van der Waals surface area contributed by atoms with Gasteiger partial charge in [-0.25, -0.2) is 15.0 Å². The van der Waals surface area contributed by atoms with Crippen LogP contribution in [0.1, 0.15) is 51.9 Å². The molecule has 4 heterocycles. The van der Waals surface area contributed by atoms with Crippen LogP contribution in [0.15, 0.2) is 351 Å². The highest BCUT2D eigenvalue weighted by Crippen LogP contribution is 2.53. The Morgan fingerprint density at radius 3 is 1.63 bits per heavy atom. The van der Waals surface area contributed by atoms with Gasteiger partial charge in [0.25, 0.3) is 0 Å². The van der Waals surface area contributed by atoms with E-state index in [9.17, 15) is 0 Å². The molecule has 0 bridgehead atoms. The molecular weight excluding hydrogens is 1290 g/mol. The van der Waals surface area contributed by atoms with Crippen molar-refractivity contribution < 1.29 is 8.83 Å². The molecule has 0 radical (unpaired) electrons. The van der Waals surface area contributed by atoms with Gasteiger partial charge in [-0.15, -0.1) is 0 Å². The molecule has 106 heavy (non-hydrogen) atoms. The van der Waals surface area contributed by atoms with Crippen LogP contribution >= 0.6 is 0 Å². The molecule has 0 fully saturated rings.